The van der Waals surface area contributed by atoms with Crippen LogP contribution in [0.1, 0.15) is 5.56 Å². The average Bonchev–Trinajstić information content (AvgIpc) is 2.37. The number of aliphatic hydroxyl groups excluding tert-OH is 1. The van der Waals surface area contributed by atoms with Crippen molar-refractivity contribution in [2.24, 2.45) is 0 Å². The third-order valence-electron chi connectivity index (χ3n) is 2.77. The van der Waals surface area contributed by atoms with E-state index in [0.29, 0.717) is 11.3 Å². The zero-order valence-corrected chi connectivity index (χ0v) is 12.0. The number of ether oxygens (including phenoxy) is 1. The molecular formula is C12H20N2O4S. The Labute approximate surface area is 113 Å². The summed E-state index contributed by atoms with van der Waals surface area (Å²) in [4.78, 5) is 0.170. The number of aryl methyl sites for hydroxylation is 1. The van der Waals surface area contributed by atoms with Crippen LogP contribution in [0.2, 0.25) is 0 Å². The molecule has 108 valence electrons. The van der Waals surface area contributed by atoms with Crippen LogP contribution < -0.4 is 5.73 Å². The van der Waals surface area contributed by atoms with Crippen molar-refractivity contribution in [1.82, 2.24) is 4.31 Å². The Morgan fingerprint density at radius 2 is 2.05 bits per heavy atom. The third-order valence-corrected chi connectivity index (χ3v) is 4.67. The summed E-state index contributed by atoms with van der Waals surface area (Å²) in [7, 11) is -2.14. The first kappa shape index (κ1) is 15.9. The molecule has 0 spiro atoms. The Bertz CT molecular complexity index is 516. The van der Waals surface area contributed by atoms with E-state index in [-0.39, 0.29) is 31.2 Å². The van der Waals surface area contributed by atoms with Crippen molar-refractivity contribution in [1.29, 1.82) is 0 Å². The van der Waals surface area contributed by atoms with E-state index in [1.807, 2.05) is 0 Å². The number of hydrogen-bond acceptors (Lipinski definition) is 5. The van der Waals surface area contributed by atoms with Gasteiger partial charge in [-0.25, -0.2) is 8.42 Å². The van der Waals surface area contributed by atoms with E-state index in [9.17, 15) is 8.42 Å². The standard InChI is InChI=1S/C12H20N2O4S/c1-10-9-11(3-4-12(10)13)19(16,17)14(5-7-15)6-8-18-2/h3-4,9,15H,5-8,13H2,1-2H3. The highest BCUT2D eigenvalue weighted by molar-refractivity contribution is 7.89. The van der Waals surface area contributed by atoms with Crippen molar-refractivity contribution in [2.75, 3.05) is 39.1 Å². The second kappa shape index (κ2) is 6.85. The fourth-order valence-electron chi connectivity index (χ4n) is 1.61. The molecule has 0 amide bonds. The lowest BCUT2D eigenvalue weighted by molar-refractivity contribution is 0.168. The molecule has 0 atom stereocenters. The van der Waals surface area contributed by atoms with Crippen LogP contribution in [0.5, 0.6) is 0 Å². The zero-order valence-electron chi connectivity index (χ0n) is 11.2. The molecule has 0 saturated heterocycles. The summed E-state index contributed by atoms with van der Waals surface area (Å²) in [6.45, 7) is 2.02. The summed E-state index contributed by atoms with van der Waals surface area (Å²) in [6, 6.07) is 4.56. The molecule has 1 aromatic carbocycles. The summed E-state index contributed by atoms with van der Waals surface area (Å²) >= 11 is 0. The van der Waals surface area contributed by atoms with Crippen LogP contribution in [0, 0.1) is 6.92 Å². The van der Waals surface area contributed by atoms with Crippen molar-refractivity contribution in [3.63, 3.8) is 0 Å². The quantitative estimate of drug-likeness (QED) is 0.700. The topological polar surface area (TPSA) is 92.9 Å². The Hall–Kier alpha value is -1.15. The molecule has 0 saturated carbocycles. The van der Waals surface area contributed by atoms with E-state index >= 15 is 0 Å². The van der Waals surface area contributed by atoms with Crippen molar-refractivity contribution in [2.45, 2.75) is 11.8 Å². The summed E-state index contributed by atoms with van der Waals surface area (Å²) in [5.74, 6) is 0. The van der Waals surface area contributed by atoms with Gasteiger partial charge in [-0.3, -0.25) is 0 Å². The summed E-state index contributed by atoms with van der Waals surface area (Å²) in [6.07, 6.45) is 0. The van der Waals surface area contributed by atoms with E-state index in [1.165, 1.54) is 23.5 Å². The maximum atomic E-state index is 12.4. The van der Waals surface area contributed by atoms with Gasteiger partial charge in [-0.05, 0) is 30.7 Å². The number of nitrogens with two attached hydrogens (primary N) is 1. The highest BCUT2D eigenvalue weighted by Gasteiger charge is 2.24. The molecule has 0 aliphatic rings. The van der Waals surface area contributed by atoms with Gasteiger partial charge in [-0.15, -0.1) is 0 Å². The van der Waals surface area contributed by atoms with Gasteiger partial charge in [0.2, 0.25) is 10.0 Å². The minimum absolute atomic E-state index is 0.0368. The number of anilines is 1. The molecule has 0 unspecified atom stereocenters. The molecule has 0 bridgehead atoms. The predicted octanol–water partition coefficient (Wildman–Crippen LogP) is 0.207. The number of hydrogen-bond donors (Lipinski definition) is 2. The largest absolute Gasteiger partial charge is 0.399 e. The number of nitrogen functional groups attached to an aromatic ring is 1. The van der Waals surface area contributed by atoms with E-state index in [2.05, 4.69) is 0 Å². The van der Waals surface area contributed by atoms with E-state index in [0.717, 1.165) is 0 Å². The summed E-state index contributed by atoms with van der Waals surface area (Å²) in [5.41, 5.74) is 6.93. The maximum absolute atomic E-state index is 12.4. The van der Waals surface area contributed by atoms with E-state index in [1.54, 1.807) is 13.0 Å². The summed E-state index contributed by atoms with van der Waals surface area (Å²) < 4.78 is 30.9. The molecule has 0 fully saturated rings. The second-order valence-electron chi connectivity index (χ2n) is 4.14. The lowest BCUT2D eigenvalue weighted by Gasteiger charge is -2.21. The SMILES string of the molecule is COCCN(CCO)S(=O)(=O)c1ccc(N)c(C)c1. The molecule has 1 aromatic rings. The van der Waals surface area contributed by atoms with Gasteiger partial charge in [0.25, 0.3) is 0 Å². The number of methoxy groups -OCH3 is 1. The van der Waals surface area contributed by atoms with Gasteiger partial charge in [-0.2, -0.15) is 4.31 Å². The number of aliphatic hydroxyl groups is 1. The molecule has 1 rings (SSSR count). The van der Waals surface area contributed by atoms with Gasteiger partial charge in [0.05, 0.1) is 18.1 Å². The Morgan fingerprint density at radius 1 is 1.37 bits per heavy atom. The van der Waals surface area contributed by atoms with Gasteiger partial charge >= 0.3 is 0 Å². The molecule has 3 N–H and O–H groups in total. The van der Waals surface area contributed by atoms with Crippen molar-refractivity contribution >= 4 is 15.7 Å². The smallest absolute Gasteiger partial charge is 0.243 e. The number of nitrogens with zero attached hydrogens (tertiary/aromatic N) is 1. The fraction of sp³-hybridized carbons (Fsp3) is 0.500. The molecule has 0 heterocycles. The average molecular weight is 288 g/mol. The van der Waals surface area contributed by atoms with Crippen molar-refractivity contribution < 1.29 is 18.3 Å². The Morgan fingerprint density at radius 3 is 2.58 bits per heavy atom. The van der Waals surface area contributed by atoms with Crippen LogP contribution in [0.4, 0.5) is 5.69 Å². The molecule has 6 nitrogen and oxygen atoms in total. The maximum Gasteiger partial charge on any atom is 0.243 e. The first-order valence-corrected chi connectivity index (χ1v) is 7.33. The van der Waals surface area contributed by atoms with Gasteiger partial charge in [0, 0.05) is 25.9 Å². The van der Waals surface area contributed by atoms with Gasteiger partial charge in [-0.1, -0.05) is 0 Å². The first-order valence-electron chi connectivity index (χ1n) is 5.89. The lowest BCUT2D eigenvalue weighted by Crippen LogP contribution is -2.36. The van der Waals surface area contributed by atoms with Crippen molar-refractivity contribution in [3.8, 4) is 0 Å². The third kappa shape index (κ3) is 3.90. The lowest BCUT2D eigenvalue weighted by atomic mass is 10.2. The number of benzene rings is 1. The predicted molar refractivity (Wildman–Crippen MR) is 73.3 cm³/mol. The summed E-state index contributed by atoms with van der Waals surface area (Å²) in [5, 5.41) is 8.98. The number of rotatable bonds is 7. The Balaban J connectivity index is 3.07. The van der Waals surface area contributed by atoms with Crippen LogP contribution in [-0.2, 0) is 14.8 Å². The molecular weight excluding hydrogens is 268 g/mol. The molecule has 19 heavy (non-hydrogen) atoms. The molecule has 0 radical (unpaired) electrons. The van der Waals surface area contributed by atoms with Crippen LogP contribution in [0.15, 0.2) is 23.1 Å². The minimum atomic E-state index is -3.64. The second-order valence-corrected chi connectivity index (χ2v) is 6.08. The molecule has 0 aliphatic carbocycles. The molecule has 7 heteroatoms. The minimum Gasteiger partial charge on any atom is -0.399 e. The zero-order chi connectivity index (χ0) is 14.5. The van der Waals surface area contributed by atoms with E-state index < -0.39 is 10.0 Å². The normalized spacial score (nSPS) is 12.0. The monoisotopic (exact) mass is 288 g/mol. The fourth-order valence-corrected chi connectivity index (χ4v) is 3.12. The molecule has 0 aliphatic heterocycles. The van der Waals surface area contributed by atoms with E-state index in [4.69, 9.17) is 15.6 Å². The van der Waals surface area contributed by atoms with Crippen LogP contribution in [-0.4, -0.2) is 51.2 Å². The molecule has 0 aromatic heterocycles. The van der Waals surface area contributed by atoms with Gasteiger partial charge in [0.1, 0.15) is 0 Å². The van der Waals surface area contributed by atoms with Crippen LogP contribution in [0.3, 0.4) is 0 Å². The highest BCUT2D eigenvalue weighted by Crippen LogP contribution is 2.20. The highest BCUT2D eigenvalue weighted by atomic mass is 32.2. The van der Waals surface area contributed by atoms with Crippen LogP contribution >= 0.6 is 0 Å². The Kier molecular flexibility index (Phi) is 5.74. The van der Waals surface area contributed by atoms with Crippen LogP contribution in [0.25, 0.3) is 0 Å². The first-order chi connectivity index (χ1) is 8.93. The van der Waals surface area contributed by atoms with Gasteiger partial charge < -0.3 is 15.6 Å². The van der Waals surface area contributed by atoms with Gasteiger partial charge in [0.15, 0.2) is 0 Å². The van der Waals surface area contributed by atoms with Crippen molar-refractivity contribution in [3.05, 3.63) is 23.8 Å². The number of sulfonamides is 1.